The van der Waals surface area contributed by atoms with Gasteiger partial charge in [-0.3, -0.25) is 4.90 Å². The number of hydrogen-bond acceptors (Lipinski definition) is 6. The van der Waals surface area contributed by atoms with Gasteiger partial charge in [0.05, 0.1) is 12.6 Å². The van der Waals surface area contributed by atoms with Crippen LogP contribution < -0.4 is 0 Å². The molecule has 22 heavy (non-hydrogen) atoms. The van der Waals surface area contributed by atoms with Gasteiger partial charge in [-0.25, -0.2) is 9.59 Å². The average molecular weight is 309 g/mol. The third-order valence-electron chi connectivity index (χ3n) is 2.83. The van der Waals surface area contributed by atoms with Crippen molar-refractivity contribution in [1.29, 1.82) is 0 Å². The molecule has 120 valence electrons. The number of tetrazole rings is 1. The van der Waals surface area contributed by atoms with Gasteiger partial charge in [-0.1, -0.05) is 12.2 Å². The molecule has 2 rings (SSSR count). The van der Waals surface area contributed by atoms with Crippen LogP contribution in [0.1, 0.15) is 25.2 Å². The first kappa shape index (κ1) is 17.5. The van der Waals surface area contributed by atoms with E-state index in [0.29, 0.717) is 12.2 Å². The van der Waals surface area contributed by atoms with Crippen LogP contribution in [-0.2, 0) is 16.1 Å². The van der Waals surface area contributed by atoms with Crippen molar-refractivity contribution in [2.24, 2.45) is 0 Å². The van der Waals surface area contributed by atoms with E-state index in [1.807, 2.05) is 6.92 Å². The van der Waals surface area contributed by atoms with Crippen LogP contribution in [0.2, 0.25) is 0 Å². The summed E-state index contributed by atoms with van der Waals surface area (Å²) in [6, 6.07) is 0.198. The summed E-state index contributed by atoms with van der Waals surface area (Å²) in [5, 5.41) is 27.9. The SMILES string of the molecule is CCn1nnc(C2C=CCCN2C)n1.O=C(O)C=CC(=O)O. The first-order chi connectivity index (χ1) is 10.4. The summed E-state index contributed by atoms with van der Waals surface area (Å²) in [6.07, 6.45) is 6.54. The lowest BCUT2D eigenvalue weighted by molar-refractivity contribution is -0.134. The fraction of sp³-hybridized carbons (Fsp3) is 0.462. The second kappa shape index (κ2) is 8.67. The van der Waals surface area contributed by atoms with Crippen LogP contribution in [0.4, 0.5) is 0 Å². The van der Waals surface area contributed by atoms with Gasteiger partial charge in [0.15, 0.2) is 5.82 Å². The fourth-order valence-corrected chi connectivity index (χ4v) is 1.72. The van der Waals surface area contributed by atoms with Crippen molar-refractivity contribution in [3.8, 4) is 0 Å². The van der Waals surface area contributed by atoms with Crippen molar-refractivity contribution in [3.63, 3.8) is 0 Å². The number of aryl methyl sites for hydroxylation is 1. The molecule has 0 aliphatic carbocycles. The molecule has 2 N–H and O–H groups in total. The van der Waals surface area contributed by atoms with Gasteiger partial charge in [0, 0.05) is 18.7 Å². The van der Waals surface area contributed by atoms with E-state index in [9.17, 15) is 9.59 Å². The first-order valence-electron chi connectivity index (χ1n) is 6.72. The summed E-state index contributed by atoms with van der Waals surface area (Å²) in [5.74, 6) is -1.72. The van der Waals surface area contributed by atoms with Crippen LogP contribution in [0.15, 0.2) is 24.3 Å². The fourth-order valence-electron chi connectivity index (χ4n) is 1.72. The molecule has 2 heterocycles. The second-order valence-corrected chi connectivity index (χ2v) is 4.49. The van der Waals surface area contributed by atoms with Gasteiger partial charge in [0.25, 0.3) is 0 Å². The molecule has 0 fully saturated rings. The highest BCUT2D eigenvalue weighted by molar-refractivity contribution is 5.89. The molecule has 0 saturated heterocycles. The second-order valence-electron chi connectivity index (χ2n) is 4.49. The molecule has 0 bridgehead atoms. The maximum Gasteiger partial charge on any atom is 0.328 e. The number of hydrogen-bond donors (Lipinski definition) is 2. The van der Waals surface area contributed by atoms with Crippen molar-refractivity contribution in [3.05, 3.63) is 30.1 Å². The van der Waals surface area contributed by atoms with Crippen molar-refractivity contribution >= 4 is 11.9 Å². The molecule has 1 aromatic heterocycles. The highest BCUT2D eigenvalue weighted by atomic mass is 16.4. The Bertz CT molecular complexity index is 551. The Morgan fingerprint density at radius 1 is 1.36 bits per heavy atom. The highest BCUT2D eigenvalue weighted by Gasteiger charge is 2.20. The Hall–Kier alpha value is -2.55. The molecule has 0 amide bonds. The largest absolute Gasteiger partial charge is 0.478 e. The number of rotatable bonds is 4. The smallest absolute Gasteiger partial charge is 0.328 e. The van der Waals surface area contributed by atoms with E-state index < -0.39 is 11.9 Å². The van der Waals surface area contributed by atoms with Crippen LogP contribution >= 0.6 is 0 Å². The van der Waals surface area contributed by atoms with Crippen LogP contribution in [0.25, 0.3) is 0 Å². The van der Waals surface area contributed by atoms with Crippen molar-refractivity contribution < 1.29 is 19.8 Å². The minimum Gasteiger partial charge on any atom is -0.478 e. The Labute approximate surface area is 127 Å². The van der Waals surface area contributed by atoms with Gasteiger partial charge in [-0.15, -0.1) is 10.2 Å². The van der Waals surface area contributed by atoms with E-state index in [2.05, 4.69) is 39.5 Å². The number of aromatic nitrogens is 4. The Morgan fingerprint density at radius 3 is 2.45 bits per heavy atom. The van der Waals surface area contributed by atoms with E-state index in [4.69, 9.17) is 10.2 Å². The van der Waals surface area contributed by atoms with E-state index in [1.54, 1.807) is 4.80 Å². The van der Waals surface area contributed by atoms with Crippen LogP contribution in [-0.4, -0.2) is 60.9 Å². The highest BCUT2D eigenvalue weighted by Crippen LogP contribution is 2.20. The number of nitrogens with zero attached hydrogens (tertiary/aromatic N) is 5. The molecular weight excluding hydrogens is 290 g/mol. The van der Waals surface area contributed by atoms with Crippen molar-refractivity contribution in [1.82, 2.24) is 25.1 Å². The van der Waals surface area contributed by atoms with Gasteiger partial charge in [0.1, 0.15) is 0 Å². The lowest BCUT2D eigenvalue weighted by Gasteiger charge is -2.25. The molecular formula is C13H19N5O4. The van der Waals surface area contributed by atoms with Gasteiger partial charge in [0.2, 0.25) is 0 Å². The van der Waals surface area contributed by atoms with E-state index in [1.165, 1.54) is 0 Å². The van der Waals surface area contributed by atoms with E-state index in [0.717, 1.165) is 25.3 Å². The molecule has 1 aromatic rings. The van der Waals surface area contributed by atoms with Gasteiger partial charge >= 0.3 is 11.9 Å². The number of carbonyl (C=O) groups is 2. The number of carboxylic acid groups (broad SMARTS) is 2. The molecule has 9 heteroatoms. The van der Waals surface area contributed by atoms with Crippen LogP contribution in [0.5, 0.6) is 0 Å². The zero-order valence-corrected chi connectivity index (χ0v) is 12.5. The van der Waals surface area contributed by atoms with E-state index in [-0.39, 0.29) is 6.04 Å². The first-order valence-corrected chi connectivity index (χ1v) is 6.72. The zero-order valence-electron chi connectivity index (χ0n) is 12.5. The lowest BCUT2D eigenvalue weighted by atomic mass is 10.1. The molecule has 9 nitrogen and oxygen atoms in total. The molecule has 0 radical (unpaired) electrons. The summed E-state index contributed by atoms with van der Waals surface area (Å²) < 4.78 is 0. The predicted molar refractivity (Wildman–Crippen MR) is 77.0 cm³/mol. The monoisotopic (exact) mass is 309 g/mol. The molecule has 0 spiro atoms. The standard InChI is InChI=1S/C9H15N5.C4H4O4/c1-3-14-11-9(10-12-14)8-6-4-5-7-13(8)2;5-3(6)1-2-4(7)8/h4,6,8H,3,5,7H2,1-2H3;1-2H,(H,5,6)(H,7,8). The summed E-state index contributed by atoms with van der Waals surface area (Å²) in [6.45, 7) is 3.83. The van der Waals surface area contributed by atoms with Gasteiger partial charge < -0.3 is 10.2 Å². The van der Waals surface area contributed by atoms with Gasteiger partial charge in [-0.2, -0.15) is 4.80 Å². The third-order valence-corrected chi connectivity index (χ3v) is 2.83. The molecule has 0 aromatic carbocycles. The molecule has 1 aliphatic heterocycles. The van der Waals surface area contributed by atoms with E-state index >= 15 is 0 Å². The molecule has 1 aliphatic rings. The Morgan fingerprint density at radius 2 is 2.00 bits per heavy atom. The lowest BCUT2D eigenvalue weighted by Crippen LogP contribution is -2.27. The van der Waals surface area contributed by atoms with Crippen LogP contribution in [0.3, 0.4) is 0 Å². The Kier molecular flexibility index (Phi) is 6.90. The van der Waals surface area contributed by atoms with Gasteiger partial charge in [-0.05, 0) is 25.6 Å². The molecule has 1 atom stereocenters. The summed E-state index contributed by atoms with van der Waals surface area (Å²) in [5.41, 5.74) is 0. The zero-order chi connectivity index (χ0) is 16.5. The minimum atomic E-state index is -1.26. The number of likely N-dealkylation sites (N-methyl/N-ethyl adjacent to an activating group) is 1. The maximum absolute atomic E-state index is 9.55. The summed E-state index contributed by atoms with van der Waals surface area (Å²) in [7, 11) is 2.08. The van der Waals surface area contributed by atoms with Crippen molar-refractivity contribution in [2.45, 2.75) is 25.9 Å². The molecule has 0 saturated carbocycles. The minimum absolute atomic E-state index is 0.198. The topological polar surface area (TPSA) is 121 Å². The maximum atomic E-state index is 9.55. The quantitative estimate of drug-likeness (QED) is 0.603. The normalized spacial score (nSPS) is 18.0. The number of carboxylic acids is 2. The summed E-state index contributed by atoms with van der Waals surface area (Å²) >= 11 is 0. The Balaban J connectivity index is 0.000000261. The molecule has 1 unspecified atom stereocenters. The number of aliphatic carboxylic acids is 2. The van der Waals surface area contributed by atoms with Crippen molar-refractivity contribution in [2.75, 3.05) is 13.6 Å². The predicted octanol–water partition coefficient (Wildman–Crippen LogP) is 0.338. The average Bonchev–Trinajstić information content (AvgIpc) is 2.95. The summed E-state index contributed by atoms with van der Waals surface area (Å²) in [4.78, 5) is 23.0. The van der Waals surface area contributed by atoms with Crippen LogP contribution in [0, 0.1) is 0 Å². The third kappa shape index (κ3) is 5.83.